The molecule has 1 unspecified atom stereocenters. The van der Waals surface area contributed by atoms with E-state index in [4.69, 9.17) is 0 Å². The van der Waals surface area contributed by atoms with Crippen LogP contribution >= 0.6 is 0 Å². The molecule has 1 N–H and O–H groups in total. The van der Waals surface area contributed by atoms with Crippen molar-refractivity contribution in [3.05, 3.63) is 89.2 Å². The van der Waals surface area contributed by atoms with Gasteiger partial charge in [-0.15, -0.1) is 0 Å². The summed E-state index contributed by atoms with van der Waals surface area (Å²) in [6.45, 7) is 4.76. The zero-order chi connectivity index (χ0) is 18.8. The third-order valence-corrected chi connectivity index (χ3v) is 5.00. The lowest BCUT2D eigenvalue weighted by molar-refractivity contribution is 0.0946. The first-order valence-corrected chi connectivity index (χ1v) is 9.29. The lowest BCUT2D eigenvalue weighted by atomic mass is 10.1. The molecule has 27 heavy (non-hydrogen) atoms. The number of carbonyl (C=O) groups excluding carboxylic acids is 1. The fourth-order valence-electron chi connectivity index (χ4n) is 3.72. The lowest BCUT2D eigenvalue weighted by Crippen LogP contribution is -2.25. The molecule has 0 spiro atoms. The zero-order valence-electron chi connectivity index (χ0n) is 15.6. The summed E-state index contributed by atoms with van der Waals surface area (Å²) in [6.07, 6.45) is 2.81. The van der Waals surface area contributed by atoms with Crippen molar-refractivity contribution in [3.63, 3.8) is 0 Å². The van der Waals surface area contributed by atoms with Gasteiger partial charge in [-0.05, 0) is 49.6 Å². The van der Waals surface area contributed by atoms with Crippen LogP contribution in [0.25, 0.3) is 0 Å². The Morgan fingerprint density at radius 2 is 2.00 bits per heavy atom. The summed E-state index contributed by atoms with van der Waals surface area (Å²) in [4.78, 5) is 19.1. The summed E-state index contributed by atoms with van der Waals surface area (Å²) in [5.74, 6) is -0.155. The predicted octanol–water partition coefficient (Wildman–Crippen LogP) is 4.40. The minimum atomic E-state index is -0.155. The number of nitrogens with zero attached hydrogens (tertiary/aromatic N) is 2. The highest BCUT2D eigenvalue weighted by atomic mass is 16.1. The number of pyridine rings is 1. The standard InChI is InChI=1S/C23H23N3O/c1-16-6-5-7-18(12-16)14-25-23(27)21-11-10-20(15-24-21)26-17(2)13-19-8-3-4-9-22(19)26/h3-12,15,17H,13-14H2,1-2H3,(H,25,27). The number of aryl methyl sites for hydroxylation is 1. The van der Waals surface area contributed by atoms with Crippen molar-refractivity contribution in [1.82, 2.24) is 10.3 Å². The van der Waals surface area contributed by atoms with E-state index in [-0.39, 0.29) is 5.91 Å². The van der Waals surface area contributed by atoms with E-state index in [1.807, 2.05) is 31.2 Å². The topological polar surface area (TPSA) is 45.2 Å². The number of rotatable bonds is 4. The Labute approximate surface area is 159 Å². The van der Waals surface area contributed by atoms with E-state index in [1.54, 1.807) is 12.3 Å². The second kappa shape index (κ2) is 7.23. The van der Waals surface area contributed by atoms with Crippen LogP contribution in [-0.4, -0.2) is 16.9 Å². The Hall–Kier alpha value is -3.14. The molecule has 0 aliphatic carbocycles. The van der Waals surface area contributed by atoms with Crippen LogP contribution in [0.4, 0.5) is 11.4 Å². The normalized spacial score (nSPS) is 15.5. The number of amides is 1. The second-order valence-corrected chi connectivity index (χ2v) is 7.13. The number of benzene rings is 2. The Morgan fingerprint density at radius 1 is 1.15 bits per heavy atom. The van der Waals surface area contributed by atoms with Crippen molar-refractivity contribution in [2.45, 2.75) is 32.9 Å². The first kappa shape index (κ1) is 17.3. The Morgan fingerprint density at radius 3 is 2.78 bits per heavy atom. The maximum absolute atomic E-state index is 12.4. The average molecular weight is 357 g/mol. The molecule has 4 nitrogen and oxygen atoms in total. The Kier molecular flexibility index (Phi) is 4.63. The van der Waals surface area contributed by atoms with Gasteiger partial charge in [-0.25, -0.2) is 4.98 Å². The lowest BCUT2D eigenvalue weighted by Gasteiger charge is -2.24. The van der Waals surface area contributed by atoms with Crippen LogP contribution in [0.1, 0.15) is 34.1 Å². The van der Waals surface area contributed by atoms with Crippen molar-refractivity contribution in [2.75, 3.05) is 4.90 Å². The van der Waals surface area contributed by atoms with Crippen LogP contribution in [-0.2, 0) is 13.0 Å². The molecule has 4 heteroatoms. The molecule has 2 heterocycles. The summed E-state index contributed by atoms with van der Waals surface area (Å²) in [7, 11) is 0. The van der Waals surface area contributed by atoms with Crippen molar-refractivity contribution < 1.29 is 4.79 Å². The molecule has 1 aliphatic heterocycles. The molecule has 1 aliphatic rings. The van der Waals surface area contributed by atoms with E-state index < -0.39 is 0 Å². The number of anilines is 2. The SMILES string of the molecule is Cc1cccc(CNC(=O)c2ccc(N3c4ccccc4CC3C)cn2)c1. The quantitative estimate of drug-likeness (QED) is 0.753. The molecule has 0 bridgehead atoms. The van der Waals surface area contributed by atoms with Gasteiger partial charge in [0.2, 0.25) is 0 Å². The van der Waals surface area contributed by atoms with Gasteiger partial charge in [-0.1, -0.05) is 48.0 Å². The number of carbonyl (C=O) groups is 1. The minimum Gasteiger partial charge on any atom is -0.347 e. The van der Waals surface area contributed by atoms with E-state index in [9.17, 15) is 4.79 Å². The van der Waals surface area contributed by atoms with Crippen LogP contribution in [0.2, 0.25) is 0 Å². The summed E-state index contributed by atoms with van der Waals surface area (Å²) < 4.78 is 0. The molecular formula is C23H23N3O. The summed E-state index contributed by atoms with van der Waals surface area (Å²) in [5.41, 5.74) is 6.30. The number of hydrogen-bond donors (Lipinski definition) is 1. The van der Waals surface area contributed by atoms with E-state index >= 15 is 0 Å². The molecule has 0 saturated carbocycles. The van der Waals surface area contributed by atoms with Gasteiger partial charge in [0.25, 0.3) is 5.91 Å². The van der Waals surface area contributed by atoms with Gasteiger partial charge in [-0.3, -0.25) is 4.79 Å². The van der Waals surface area contributed by atoms with Gasteiger partial charge in [0.15, 0.2) is 0 Å². The van der Waals surface area contributed by atoms with Crippen molar-refractivity contribution in [3.8, 4) is 0 Å². The van der Waals surface area contributed by atoms with Crippen LogP contribution in [0.15, 0.2) is 66.9 Å². The first-order chi connectivity index (χ1) is 13.1. The summed E-state index contributed by atoms with van der Waals surface area (Å²) >= 11 is 0. The zero-order valence-corrected chi connectivity index (χ0v) is 15.6. The predicted molar refractivity (Wildman–Crippen MR) is 108 cm³/mol. The van der Waals surface area contributed by atoms with E-state index in [0.717, 1.165) is 17.7 Å². The monoisotopic (exact) mass is 357 g/mol. The third-order valence-electron chi connectivity index (χ3n) is 5.00. The fourth-order valence-corrected chi connectivity index (χ4v) is 3.72. The molecule has 1 aromatic heterocycles. The molecular weight excluding hydrogens is 334 g/mol. The van der Waals surface area contributed by atoms with Gasteiger partial charge in [0.05, 0.1) is 11.9 Å². The largest absolute Gasteiger partial charge is 0.347 e. The third kappa shape index (κ3) is 3.56. The second-order valence-electron chi connectivity index (χ2n) is 7.13. The molecule has 136 valence electrons. The molecule has 4 rings (SSSR count). The molecule has 0 fully saturated rings. The van der Waals surface area contributed by atoms with Gasteiger partial charge in [0, 0.05) is 18.3 Å². The van der Waals surface area contributed by atoms with Crippen LogP contribution in [0, 0.1) is 6.92 Å². The van der Waals surface area contributed by atoms with E-state index in [1.165, 1.54) is 16.8 Å². The number of para-hydroxylation sites is 1. The highest BCUT2D eigenvalue weighted by molar-refractivity contribution is 5.92. The number of nitrogens with one attached hydrogen (secondary N) is 1. The van der Waals surface area contributed by atoms with Crippen LogP contribution in [0.3, 0.4) is 0 Å². The maximum atomic E-state index is 12.4. The molecule has 1 amide bonds. The maximum Gasteiger partial charge on any atom is 0.270 e. The number of hydrogen-bond acceptors (Lipinski definition) is 3. The van der Waals surface area contributed by atoms with Crippen molar-refractivity contribution in [2.24, 2.45) is 0 Å². The first-order valence-electron chi connectivity index (χ1n) is 9.29. The van der Waals surface area contributed by atoms with Gasteiger partial charge in [0.1, 0.15) is 5.69 Å². The summed E-state index contributed by atoms with van der Waals surface area (Å²) in [6, 6.07) is 20.7. The molecule has 3 aromatic rings. The van der Waals surface area contributed by atoms with E-state index in [2.05, 4.69) is 52.5 Å². The smallest absolute Gasteiger partial charge is 0.270 e. The molecule has 1 atom stereocenters. The molecule has 0 radical (unpaired) electrons. The molecule has 0 saturated heterocycles. The van der Waals surface area contributed by atoms with Gasteiger partial charge in [-0.2, -0.15) is 0 Å². The van der Waals surface area contributed by atoms with Crippen molar-refractivity contribution in [1.29, 1.82) is 0 Å². The van der Waals surface area contributed by atoms with E-state index in [0.29, 0.717) is 18.3 Å². The summed E-state index contributed by atoms with van der Waals surface area (Å²) in [5, 5.41) is 2.94. The number of aromatic nitrogens is 1. The Balaban J connectivity index is 1.47. The van der Waals surface area contributed by atoms with Crippen LogP contribution < -0.4 is 10.2 Å². The highest BCUT2D eigenvalue weighted by Gasteiger charge is 2.27. The molecule has 2 aromatic carbocycles. The van der Waals surface area contributed by atoms with Crippen LogP contribution in [0.5, 0.6) is 0 Å². The van der Waals surface area contributed by atoms with Gasteiger partial charge < -0.3 is 10.2 Å². The van der Waals surface area contributed by atoms with Gasteiger partial charge >= 0.3 is 0 Å². The average Bonchev–Trinajstić information content (AvgIpc) is 3.02. The fraction of sp³-hybridized carbons (Fsp3) is 0.217. The highest BCUT2D eigenvalue weighted by Crippen LogP contribution is 2.37. The van der Waals surface area contributed by atoms with Crippen molar-refractivity contribution >= 4 is 17.3 Å². The Bertz CT molecular complexity index is 965. The number of fused-ring (bicyclic) bond motifs is 1. The minimum absolute atomic E-state index is 0.155.